The van der Waals surface area contributed by atoms with E-state index in [0.29, 0.717) is 11.3 Å². The maximum atomic E-state index is 10.5. The highest BCUT2D eigenvalue weighted by molar-refractivity contribution is 5.10. The number of rotatable bonds is 0. The lowest BCUT2D eigenvalue weighted by atomic mass is 9.44. The summed E-state index contributed by atoms with van der Waals surface area (Å²) in [5.41, 5.74) is 0.217. The zero-order valence-electron chi connectivity index (χ0n) is 14.6. The van der Waals surface area contributed by atoms with Crippen LogP contribution in [0.3, 0.4) is 0 Å². The molecule has 0 aliphatic heterocycles. The lowest BCUT2D eigenvalue weighted by Crippen LogP contribution is -2.55. The van der Waals surface area contributed by atoms with Crippen LogP contribution in [0.25, 0.3) is 0 Å². The van der Waals surface area contributed by atoms with E-state index in [9.17, 15) is 10.2 Å². The number of aliphatic hydroxyl groups excluding tert-OH is 1. The molecule has 22 heavy (non-hydrogen) atoms. The molecule has 2 nitrogen and oxygen atoms in total. The Morgan fingerprint density at radius 2 is 1.50 bits per heavy atom. The molecule has 4 aliphatic rings. The third-order valence-corrected chi connectivity index (χ3v) is 8.90. The second-order valence-electron chi connectivity index (χ2n) is 10.00. The Labute approximate surface area is 135 Å². The van der Waals surface area contributed by atoms with Crippen LogP contribution in [0.4, 0.5) is 0 Å². The van der Waals surface area contributed by atoms with Crippen molar-refractivity contribution < 1.29 is 10.2 Å². The van der Waals surface area contributed by atoms with Crippen molar-refractivity contribution in [3.05, 3.63) is 0 Å². The topological polar surface area (TPSA) is 40.5 Å². The summed E-state index contributed by atoms with van der Waals surface area (Å²) in [4.78, 5) is 0. The molecule has 126 valence electrons. The second kappa shape index (κ2) is 4.72. The summed E-state index contributed by atoms with van der Waals surface area (Å²) in [5, 5.41) is 21.0. The molecule has 0 aromatic heterocycles. The van der Waals surface area contributed by atoms with Crippen LogP contribution >= 0.6 is 0 Å². The van der Waals surface area contributed by atoms with Crippen molar-refractivity contribution in [1.82, 2.24) is 0 Å². The highest BCUT2D eigenvalue weighted by Crippen LogP contribution is 2.66. The fourth-order valence-electron chi connectivity index (χ4n) is 7.40. The van der Waals surface area contributed by atoms with Gasteiger partial charge < -0.3 is 10.2 Å². The van der Waals surface area contributed by atoms with E-state index in [0.717, 1.165) is 37.0 Å². The van der Waals surface area contributed by atoms with E-state index in [1.54, 1.807) is 0 Å². The van der Waals surface area contributed by atoms with Gasteiger partial charge in [-0.2, -0.15) is 0 Å². The molecule has 4 fully saturated rings. The maximum Gasteiger partial charge on any atom is 0.0622 e. The van der Waals surface area contributed by atoms with Crippen molar-refractivity contribution in [1.29, 1.82) is 0 Å². The summed E-state index contributed by atoms with van der Waals surface area (Å²) in [6.45, 7) is 6.95. The van der Waals surface area contributed by atoms with Gasteiger partial charge in [0.15, 0.2) is 0 Å². The Bertz CT molecular complexity index is 459. The largest absolute Gasteiger partial charge is 0.393 e. The first kappa shape index (κ1) is 15.4. The SMILES string of the molecule is CC1(O)CC[C@@]2(C)C(CC[C@@H]3[C@H]2CC[C@]2(C)C(O)CC[C@@H]32)C1. The molecule has 0 heterocycles. The Morgan fingerprint density at radius 1 is 0.773 bits per heavy atom. The monoisotopic (exact) mass is 306 g/mol. The zero-order chi connectivity index (χ0) is 15.8. The molecule has 0 saturated heterocycles. The van der Waals surface area contributed by atoms with Crippen molar-refractivity contribution in [2.45, 2.75) is 90.3 Å². The van der Waals surface area contributed by atoms with E-state index in [1.807, 2.05) is 6.92 Å². The fourth-order valence-corrected chi connectivity index (χ4v) is 7.40. The van der Waals surface area contributed by atoms with Crippen molar-refractivity contribution in [2.75, 3.05) is 0 Å². The highest BCUT2D eigenvalue weighted by atomic mass is 16.3. The van der Waals surface area contributed by atoms with E-state index in [-0.39, 0.29) is 11.5 Å². The van der Waals surface area contributed by atoms with E-state index < -0.39 is 5.60 Å². The average Bonchev–Trinajstić information content (AvgIpc) is 2.76. The highest BCUT2D eigenvalue weighted by Gasteiger charge is 2.60. The lowest BCUT2D eigenvalue weighted by molar-refractivity contribution is -0.150. The standard InChI is InChI=1S/C20H34O2/c1-18(22)10-11-19(2)13(12-18)4-5-14-15-6-7-17(21)20(15,3)9-8-16(14)19/h13-17,21-22H,4-12H2,1-3H3/t13?,14-,15-,16+,17?,18?,19-,20-/m0/s1. The van der Waals surface area contributed by atoms with Gasteiger partial charge in [0.25, 0.3) is 0 Å². The molecule has 3 unspecified atom stereocenters. The normalized spacial score (nSPS) is 61.2. The summed E-state index contributed by atoms with van der Waals surface area (Å²) in [6.07, 6.45) is 10.6. The van der Waals surface area contributed by atoms with Gasteiger partial charge in [-0.05, 0) is 99.2 Å². The van der Waals surface area contributed by atoms with E-state index in [1.165, 1.54) is 38.5 Å². The Morgan fingerprint density at radius 3 is 2.27 bits per heavy atom. The van der Waals surface area contributed by atoms with Gasteiger partial charge in [0.05, 0.1) is 11.7 Å². The molecule has 0 bridgehead atoms. The van der Waals surface area contributed by atoms with Crippen molar-refractivity contribution in [3.8, 4) is 0 Å². The van der Waals surface area contributed by atoms with Gasteiger partial charge in [0, 0.05) is 0 Å². The van der Waals surface area contributed by atoms with Crippen LogP contribution in [0.2, 0.25) is 0 Å². The molecule has 0 spiro atoms. The predicted octanol–water partition coefficient (Wildman–Crippen LogP) is 4.14. The average molecular weight is 306 g/mol. The first-order valence-corrected chi connectivity index (χ1v) is 9.67. The minimum absolute atomic E-state index is 0.0592. The molecule has 0 aromatic carbocycles. The smallest absolute Gasteiger partial charge is 0.0622 e. The van der Waals surface area contributed by atoms with Crippen molar-refractivity contribution in [2.24, 2.45) is 34.5 Å². The molecule has 4 aliphatic carbocycles. The van der Waals surface area contributed by atoms with Gasteiger partial charge >= 0.3 is 0 Å². The summed E-state index contributed by atoms with van der Waals surface area (Å²) in [7, 11) is 0. The zero-order valence-corrected chi connectivity index (χ0v) is 14.6. The molecule has 2 N–H and O–H groups in total. The number of fused-ring (bicyclic) bond motifs is 5. The van der Waals surface area contributed by atoms with Crippen LogP contribution in [-0.2, 0) is 0 Å². The summed E-state index contributed by atoms with van der Waals surface area (Å²) in [5.74, 6) is 3.14. The molecule has 0 aromatic rings. The number of hydrogen-bond acceptors (Lipinski definition) is 2. The van der Waals surface area contributed by atoms with E-state index in [4.69, 9.17) is 0 Å². The van der Waals surface area contributed by atoms with Gasteiger partial charge in [0.1, 0.15) is 0 Å². The molecule has 0 radical (unpaired) electrons. The Kier molecular flexibility index (Phi) is 3.32. The van der Waals surface area contributed by atoms with E-state index in [2.05, 4.69) is 13.8 Å². The molecule has 0 amide bonds. The lowest BCUT2D eigenvalue weighted by Gasteiger charge is -2.61. The molecular formula is C20H34O2. The van der Waals surface area contributed by atoms with Crippen LogP contribution < -0.4 is 0 Å². The number of aliphatic hydroxyl groups is 2. The van der Waals surface area contributed by atoms with Crippen LogP contribution in [-0.4, -0.2) is 21.9 Å². The minimum Gasteiger partial charge on any atom is -0.393 e. The van der Waals surface area contributed by atoms with Gasteiger partial charge in [-0.15, -0.1) is 0 Å². The number of hydrogen-bond donors (Lipinski definition) is 2. The van der Waals surface area contributed by atoms with Gasteiger partial charge in [-0.1, -0.05) is 13.8 Å². The van der Waals surface area contributed by atoms with Crippen LogP contribution in [0, 0.1) is 34.5 Å². The third-order valence-electron chi connectivity index (χ3n) is 8.90. The van der Waals surface area contributed by atoms with Gasteiger partial charge in [-0.25, -0.2) is 0 Å². The fraction of sp³-hybridized carbons (Fsp3) is 1.00. The first-order chi connectivity index (χ1) is 10.3. The maximum absolute atomic E-state index is 10.5. The van der Waals surface area contributed by atoms with E-state index >= 15 is 0 Å². The molecule has 4 rings (SSSR count). The Balaban J connectivity index is 1.62. The van der Waals surface area contributed by atoms with Crippen molar-refractivity contribution in [3.63, 3.8) is 0 Å². The van der Waals surface area contributed by atoms with Gasteiger partial charge in [-0.3, -0.25) is 0 Å². The molecule has 4 saturated carbocycles. The van der Waals surface area contributed by atoms with Crippen LogP contribution in [0.1, 0.15) is 78.6 Å². The van der Waals surface area contributed by atoms with Crippen LogP contribution in [0.5, 0.6) is 0 Å². The first-order valence-electron chi connectivity index (χ1n) is 9.67. The molecule has 8 atom stereocenters. The van der Waals surface area contributed by atoms with Crippen LogP contribution in [0.15, 0.2) is 0 Å². The Hall–Kier alpha value is -0.0800. The summed E-state index contributed by atoms with van der Waals surface area (Å²) >= 11 is 0. The summed E-state index contributed by atoms with van der Waals surface area (Å²) < 4.78 is 0. The van der Waals surface area contributed by atoms with Gasteiger partial charge in [0.2, 0.25) is 0 Å². The molecular weight excluding hydrogens is 272 g/mol. The quantitative estimate of drug-likeness (QED) is 0.706. The predicted molar refractivity (Wildman–Crippen MR) is 88.4 cm³/mol. The minimum atomic E-state index is -0.427. The second-order valence-corrected chi connectivity index (χ2v) is 10.00. The third kappa shape index (κ3) is 1.99. The van der Waals surface area contributed by atoms with Crippen molar-refractivity contribution >= 4 is 0 Å². The molecule has 2 heteroatoms. The summed E-state index contributed by atoms with van der Waals surface area (Å²) in [6, 6.07) is 0.